The Labute approximate surface area is 208 Å². The van der Waals surface area contributed by atoms with Crippen molar-refractivity contribution < 1.29 is 14.6 Å². The molecule has 1 N–H and O–H groups in total. The van der Waals surface area contributed by atoms with Gasteiger partial charge in [0.1, 0.15) is 18.5 Å². The van der Waals surface area contributed by atoms with Gasteiger partial charge in [-0.3, -0.25) is 9.69 Å². The summed E-state index contributed by atoms with van der Waals surface area (Å²) in [6.07, 6.45) is -0.0977. The average molecular weight is 491 g/mol. The Hall–Kier alpha value is -2.31. The zero-order chi connectivity index (χ0) is 21.6. The summed E-state index contributed by atoms with van der Waals surface area (Å²) >= 11 is 0. The smallest absolute Gasteiger partial charge is 0.163 e. The lowest BCUT2D eigenvalue weighted by Gasteiger charge is -2.36. The molecule has 1 aliphatic heterocycles. The quantitative estimate of drug-likeness (QED) is 0.457. The molecule has 0 aliphatic carbocycles. The van der Waals surface area contributed by atoms with Crippen molar-refractivity contribution in [2.45, 2.75) is 19.4 Å². The summed E-state index contributed by atoms with van der Waals surface area (Å²) in [5.74, 6) is 0.827. The van der Waals surface area contributed by atoms with Crippen molar-refractivity contribution >= 4 is 47.1 Å². The van der Waals surface area contributed by atoms with Crippen LogP contribution in [0.15, 0.2) is 66.7 Å². The van der Waals surface area contributed by atoms with Crippen LogP contribution < -0.4 is 9.64 Å². The number of halogens is 2. The summed E-state index contributed by atoms with van der Waals surface area (Å²) < 4.78 is 5.98. The molecule has 33 heavy (non-hydrogen) atoms. The van der Waals surface area contributed by atoms with E-state index in [2.05, 4.69) is 34.1 Å². The second-order valence-electron chi connectivity index (χ2n) is 8.02. The molecule has 1 fully saturated rings. The Kier molecular flexibility index (Phi) is 10.5. The number of ether oxygens (including phenoxy) is 1. The largest absolute Gasteiger partial charge is 0.490 e. The summed E-state index contributed by atoms with van der Waals surface area (Å²) in [6, 6.07) is 21.9. The maximum absolute atomic E-state index is 12.3. The number of carbonyl (C=O) groups is 1. The van der Waals surface area contributed by atoms with Crippen molar-refractivity contribution in [2.24, 2.45) is 0 Å². The third-order valence-electron chi connectivity index (χ3n) is 5.90. The van der Waals surface area contributed by atoms with Gasteiger partial charge in [-0.2, -0.15) is 0 Å². The Morgan fingerprint density at radius 3 is 2.21 bits per heavy atom. The zero-order valence-electron chi connectivity index (χ0n) is 18.9. The Morgan fingerprint density at radius 2 is 1.55 bits per heavy atom. The van der Waals surface area contributed by atoms with E-state index in [9.17, 15) is 9.90 Å². The van der Waals surface area contributed by atoms with Gasteiger partial charge in [0.2, 0.25) is 0 Å². The van der Waals surface area contributed by atoms with E-state index in [1.807, 2.05) is 49.4 Å². The van der Waals surface area contributed by atoms with Gasteiger partial charge < -0.3 is 14.7 Å². The Bertz CT molecular complexity index is 1020. The molecule has 0 aromatic heterocycles. The van der Waals surface area contributed by atoms with Gasteiger partial charge in [-0.25, -0.2) is 0 Å². The number of fused-ring (bicyclic) bond motifs is 1. The molecular formula is C26H32Cl2N2O3. The minimum absolute atomic E-state index is 0. The maximum Gasteiger partial charge on any atom is 0.163 e. The van der Waals surface area contributed by atoms with E-state index in [1.54, 1.807) is 0 Å². The van der Waals surface area contributed by atoms with Crippen LogP contribution >= 0.6 is 24.8 Å². The van der Waals surface area contributed by atoms with Crippen molar-refractivity contribution in [3.63, 3.8) is 0 Å². The van der Waals surface area contributed by atoms with Gasteiger partial charge in [-0.1, -0.05) is 49.4 Å². The molecule has 3 aromatic rings. The molecule has 5 nitrogen and oxygen atoms in total. The van der Waals surface area contributed by atoms with E-state index in [0.717, 1.165) is 42.5 Å². The van der Waals surface area contributed by atoms with E-state index in [0.29, 0.717) is 18.7 Å². The van der Waals surface area contributed by atoms with Gasteiger partial charge in [-0.05, 0) is 29.7 Å². The minimum Gasteiger partial charge on any atom is -0.490 e. The van der Waals surface area contributed by atoms with Gasteiger partial charge in [0.25, 0.3) is 0 Å². The topological polar surface area (TPSA) is 53.0 Å². The lowest BCUT2D eigenvalue weighted by Crippen LogP contribution is -2.49. The van der Waals surface area contributed by atoms with Crippen molar-refractivity contribution in [1.82, 2.24) is 4.90 Å². The van der Waals surface area contributed by atoms with Gasteiger partial charge in [0.15, 0.2) is 5.78 Å². The molecule has 7 heteroatoms. The SMILES string of the molecule is CCC(=O)c1ccc(OCC(O)CN2CCN(c3ccccc3)CC2)c2ccccc12.Cl.Cl. The second-order valence-corrected chi connectivity index (χ2v) is 8.02. The fourth-order valence-corrected chi connectivity index (χ4v) is 4.20. The van der Waals surface area contributed by atoms with E-state index >= 15 is 0 Å². The van der Waals surface area contributed by atoms with Crippen LogP contribution in [-0.2, 0) is 0 Å². The molecular weight excluding hydrogens is 459 g/mol. The number of hydrogen-bond donors (Lipinski definition) is 1. The summed E-state index contributed by atoms with van der Waals surface area (Å²) in [6.45, 7) is 6.43. The van der Waals surface area contributed by atoms with Crippen LogP contribution in [0, 0.1) is 0 Å². The number of nitrogens with zero attached hydrogens (tertiary/aromatic N) is 2. The molecule has 4 rings (SSSR count). The van der Waals surface area contributed by atoms with Crippen LogP contribution in [-0.4, -0.2) is 61.2 Å². The van der Waals surface area contributed by atoms with Crippen LogP contribution in [0.2, 0.25) is 0 Å². The molecule has 1 aliphatic rings. The predicted octanol–water partition coefficient (Wildman–Crippen LogP) is 4.84. The number of ketones is 1. The van der Waals surface area contributed by atoms with E-state index in [-0.39, 0.29) is 37.2 Å². The predicted molar refractivity (Wildman–Crippen MR) is 140 cm³/mol. The molecule has 1 saturated heterocycles. The van der Waals surface area contributed by atoms with E-state index < -0.39 is 6.10 Å². The fraction of sp³-hybridized carbons (Fsp3) is 0.346. The number of rotatable bonds is 8. The number of aliphatic hydroxyl groups is 1. The van der Waals surface area contributed by atoms with Gasteiger partial charge in [0, 0.05) is 55.8 Å². The van der Waals surface area contributed by atoms with Crippen molar-refractivity contribution in [2.75, 3.05) is 44.2 Å². The second kappa shape index (κ2) is 12.8. The molecule has 0 spiro atoms. The molecule has 0 radical (unpaired) electrons. The highest BCUT2D eigenvalue weighted by Crippen LogP contribution is 2.29. The number of benzene rings is 3. The number of hydrogen-bond acceptors (Lipinski definition) is 5. The highest BCUT2D eigenvalue weighted by molar-refractivity contribution is 6.09. The van der Waals surface area contributed by atoms with Crippen LogP contribution in [0.1, 0.15) is 23.7 Å². The fourth-order valence-electron chi connectivity index (χ4n) is 4.20. The molecule has 0 amide bonds. The van der Waals surface area contributed by atoms with Gasteiger partial charge >= 0.3 is 0 Å². The Morgan fingerprint density at radius 1 is 0.909 bits per heavy atom. The molecule has 178 valence electrons. The molecule has 1 atom stereocenters. The minimum atomic E-state index is -0.570. The number of para-hydroxylation sites is 1. The lowest BCUT2D eigenvalue weighted by molar-refractivity contribution is 0.0668. The van der Waals surface area contributed by atoms with Crippen molar-refractivity contribution in [1.29, 1.82) is 0 Å². The Balaban J connectivity index is 0.00000193. The first-order chi connectivity index (χ1) is 15.2. The maximum atomic E-state index is 12.3. The van der Waals surface area contributed by atoms with Crippen LogP contribution in [0.4, 0.5) is 5.69 Å². The van der Waals surface area contributed by atoms with Crippen LogP contribution in [0.3, 0.4) is 0 Å². The number of anilines is 1. The molecule has 3 aromatic carbocycles. The van der Waals surface area contributed by atoms with E-state index in [4.69, 9.17) is 4.74 Å². The number of aliphatic hydroxyl groups excluding tert-OH is 1. The summed E-state index contributed by atoms with van der Waals surface area (Å²) in [4.78, 5) is 16.9. The summed E-state index contributed by atoms with van der Waals surface area (Å²) in [5.41, 5.74) is 1.98. The first-order valence-corrected chi connectivity index (χ1v) is 11.0. The molecule has 1 heterocycles. The third kappa shape index (κ3) is 6.61. The van der Waals surface area contributed by atoms with Crippen molar-refractivity contribution in [3.05, 3.63) is 72.3 Å². The van der Waals surface area contributed by atoms with Crippen LogP contribution in [0.25, 0.3) is 10.8 Å². The normalized spacial score (nSPS) is 14.8. The number of β-amino-alcohol motifs (C(OH)–C–C–N with tert-alkyl or cyclic N) is 1. The number of Topliss-reactive ketones (excluding diaryl/α,β-unsaturated/α-hetero) is 1. The molecule has 0 bridgehead atoms. The van der Waals surface area contributed by atoms with Gasteiger partial charge in [-0.15, -0.1) is 24.8 Å². The zero-order valence-corrected chi connectivity index (χ0v) is 20.5. The summed E-state index contributed by atoms with van der Waals surface area (Å²) in [7, 11) is 0. The summed E-state index contributed by atoms with van der Waals surface area (Å²) in [5, 5.41) is 12.4. The van der Waals surface area contributed by atoms with Crippen molar-refractivity contribution in [3.8, 4) is 5.75 Å². The highest BCUT2D eigenvalue weighted by atomic mass is 35.5. The average Bonchev–Trinajstić information content (AvgIpc) is 2.83. The number of piperazine rings is 1. The highest BCUT2D eigenvalue weighted by Gasteiger charge is 2.20. The first-order valence-electron chi connectivity index (χ1n) is 11.0. The van der Waals surface area contributed by atoms with Gasteiger partial charge in [0.05, 0.1) is 0 Å². The standard InChI is InChI=1S/C26H30N2O3.2ClH/c1-2-25(30)23-12-13-26(24-11-7-6-10-22(23)24)31-19-21(29)18-27-14-16-28(17-15-27)20-8-4-3-5-9-20;;/h3-13,21,29H,2,14-19H2,1H3;2*1H. The first kappa shape index (κ1) is 26.9. The lowest BCUT2D eigenvalue weighted by atomic mass is 9.99. The molecule has 1 unspecified atom stereocenters. The van der Waals surface area contributed by atoms with Crippen LogP contribution in [0.5, 0.6) is 5.75 Å². The number of carbonyl (C=O) groups excluding carboxylic acids is 1. The third-order valence-corrected chi connectivity index (χ3v) is 5.90. The molecule has 0 saturated carbocycles. The van der Waals surface area contributed by atoms with E-state index in [1.165, 1.54) is 5.69 Å². The monoisotopic (exact) mass is 490 g/mol.